The van der Waals surface area contributed by atoms with E-state index in [0.29, 0.717) is 6.61 Å². The minimum Gasteiger partial charge on any atom is -0.489 e. The van der Waals surface area contributed by atoms with Crippen LogP contribution in [0.1, 0.15) is 74.9 Å². The Balaban J connectivity index is 1.43. The van der Waals surface area contributed by atoms with Crippen molar-refractivity contribution in [3.63, 3.8) is 0 Å². The molecule has 7 rings (SSSR count). The summed E-state index contributed by atoms with van der Waals surface area (Å²) < 4.78 is 6.73. The normalized spacial score (nSPS) is 13.1. The zero-order valence-electron chi connectivity index (χ0n) is 33.1. The van der Waals surface area contributed by atoms with E-state index < -0.39 is 8.07 Å². The zero-order valence-corrected chi connectivity index (χ0v) is 34.1. The van der Waals surface area contributed by atoms with Crippen LogP contribution in [-0.4, -0.2) is 14.7 Å². The van der Waals surface area contributed by atoms with Gasteiger partial charge < -0.3 is 4.74 Å². The molecule has 1 aliphatic rings. The summed E-state index contributed by atoms with van der Waals surface area (Å²) in [6.45, 7) is 25.5. The predicted molar refractivity (Wildman–Crippen MR) is 231 cm³/mol. The summed E-state index contributed by atoms with van der Waals surface area (Å²) in [5.74, 6) is 0.996. The van der Waals surface area contributed by atoms with Gasteiger partial charge in [-0.05, 0) is 90.2 Å². The Morgan fingerprint density at radius 1 is 0.566 bits per heavy atom. The molecule has 0 saturated heterocycles. The summed E-state index contributed by atoms with van der Waals surface area (Å²) in [4.78, 5) is 0. The van der Waals surface area contributed by atoms with Crippen LogP contribution in [0.4, 0.5) is 0 Å². The fourth-order valence-electron chi connectivity index (χ4n) is 8.26. The number of hydrogen-bond donors (Lipinski definition) is 0. The lowest BCUT2D eigenvalue weighted by molar-refractivity contribution is 0.367. The molecule has 53 heavy (non-hydrogen) atoms. The highest BCUT2D eigenvalue weighted by Crippen LogP contribution is 2.52. The number of hydrogen-bond acceptors (Lipinski definition) is 1. The van der Waals surface area contributed by atoms with Gasteiger partial charge in [0.2, 0.25) is 0 Å². The van der Waals surface area contributed by atoms with Crippen molar-refractivity contribution in [2.45, 2.75) is 77.9 Å². The van der Waals surface area contributed by atoms with Crippen molar-refractivity contribution in [3.8, 4) is 50.3 Å². The van der Waals surface area contributed by atoms with E-state index in [1.165, 1.54) is 71.9 Å². The largest absolute Gasteiger partial charge is 0.489 e. The van der Waals surface area contributed by atoms with E-state index in [1.54, 1.807) is 0 Å². The number of rotatable bonds is 8. The molecule has 6 aromatic carbocycles. The third kappa shape index (κ3) is 6.98. The molecule has 0 saturated carbocycles. The molecule has 0 amide bonds. The van der Waals surface area contributed by atoms with Crippen molar-refractivity contribution in [2.24, 2.45) is 0 Å². The minimum atomic E-state index is -2.41. The standard InChI is InChI=1S/C51H54OSi/c1-11-29-52-48-44(37-15-13-12-14-16-37)30-34(2)31-47(48)53(9,10)49-45-32-38(35-17-23-40(24-18-35)50(3,4)5)21-27-42(45)43-28-22-39(33-46(43)49)36-19-25-41(26-20-36)51(6,7)8/h11-28,30-33,49H,1,29H2,2-10H3. The Morgan fingerprint density at radius 3 is 1.49 bits per heavy atom. The van der Waals surface area contributed by atoms with Crippen molar-refractivity contribution in [3.05, 3.63) is 168 Å². The van der Waals surface area contributed by atoms with Crippen LogP contribution in [0.15, 0.2) is 140 Å². The maximum absolute atomic E-state index is 6.73. The molecule has 268 valence electrons. The van der Waals surface area contributed by atoms with Crippen LogP contribution in [0, 0.1) is 6.92 Å². The highest BCUT2D eigenvalue weighted by atomic mass is 28.3. The van der Waals surface area contributed by atoms with Crippen molar-refractivity contribution >= 4 is 13.3 Å². The summed E-state index contributed by atoms with van der Waals surface area (Å²) >= 11 is 0. The van der Waals surface area contributed by atoms with E-state index >= 15 is 0 Å². The molecule has 0 unspecified atom stereocenters. The second kappa shape index (κ2) is 13.8. The van der Waals surface area contributed by atoms with Gasteiger partial charge in [-0.25, -0.2) is 0 Å². The zero-order chi connectivity index (χ0) is 37.7. The molecule has 0 N–H and O–H groups in total. The average molecular weight is 711 g/mol. The van der Waals surface area contributed by atoms with E-state index in [0.717, 1.165) is 11.3 Å². The first-order valence-electron chi connectivity index (χ1n) is 19.1. The van der Waals surface area contributed by atoms with Crippen molar-refractivity contribution < 1.29 is 4.74 Å². The van der Waals surface area contributed by atoms with Crippen molar-refractivity contribution in [1.82, 2.24) is 0 Å². The van der Waals surface area contributed by atoms with E-state index in [9.17, 15) is 0 Å². The SMILES string of the molecule is C=CCOc1c(-c2ccccc2)cc(C)cc1[Si](C)(C)C1c2cc(-c3ccc(C(C)(C)C)cc3)ccc2-c2ccc(-c3ccc(C(C)(C)C)cc3)cc21. The molecule has 1 nitrogen and oxygen atoms in total. The number of ether oxygens (including phenoxy) is 1. The van der Waals surface area contributed by atoms with Gasteiger partial charge in [0.1, 0.15) is 12.4 Å². The summed E-state index contributed by atoms with van der Waals surface area (Å²) in [7, 11) is -2.41. The lowest BCUT2D eigenvalue weighted by Crippen LogP contribution is -2.48. The quantitative estimate of drug-likeness (QED) is 0.113. The lowest BCUT2D eigenvalue weighted by Gasteiger charge is -2.34. The maximum atomic E-state index is 6.73. The average Bonchev–Trinajstić information content (AvgIpc) is 3.47. The Bertz CT molecular complexity index is 2170. The molecular weight excluding hydrogens is 657 g/mol. The molecule has 0 fully saturated rings. The number of aryl methyl sites for hydroxylation is 1. The number of benzene rings is 6. The summed E-state index contributed by atoms with van der Waals surface area (Å²) in [5.41, 5.74) is 17.3. The van der Waals surface area contributed by atoms with Crippen LogP contribution in [0.3, 0.4) is 0 Å². The van der Waals surface area contributed by atoms with Crippen LogP contribution in [0.5, 0.6) is 5.75 Å². The number of fused-ring (bicyclic) bond motifs is 3. The molecule has 0 spiro atoms. The summed E-state index contributed by atoms with van der Waals surface area (Å²) in [6.07, 6.45) is 1.86. The third-order valence-electron chi connectivity index (χ3n) is 11.3. The van der Waals surface area contributed by atoms with Gasteiger partial charge in [0, 0.05) is 11.1 Å². The van der Waals surface area contributed by atoms with Gasteiger partial charge >= 0.3 is 0 Å². The first kappa shape index (κ1) is 36.4. The second-order valence-corrected chi connectivity index (χ2v) is 22.1. The molecule has 0 radical (unpaired) electrons. The van der Waals surface area contributed by atoms with Crippen molar-refractivity contribution in [1.29, 1.82) is 0 Å². The molecule has 0 atom stereocenters. The topological polar surface area (TPSA) is 9.23 Å². The predicted octanol–water partition coefficient (Wildman–Crippen LogP) is 13.4. The van der Waals surface area contributed by atoms with Gasteiger partial charge in [-0.3, -0.25) is 0 Å². The monoisotopic (exact) mass is 710 g/mol. The van der Waals surface area contributed by atoms with Gasteiger partial charge in [-0.15, -0.1) is 0 Å². The molecule has 1 aliphatic carbocycles. The minimum absolute atomic E-state index is 0.112. The van der Waals surface area contributed by atoms with Crippen molar-refractivity contribution in [2.75, 3.05) is 6.61 Å². The highest BCUT2D eigenvalue weighted by molar-refractivity contribution is 6.92. The van der Waals surface area contributed by atoms with Gasteiger partial charge in [0.15, 0.2) is 0 Å². The maximum Gasteiger partial charge on any atom is 0.126 e. The van der Waals surface area contributed by atoms with Crippen LogP contribution >= 0.6 is 0 Å². The summed E-state index contributed by atoms with van der Waals surface area (Å²) in [6, 6.07) is 48.2. The molecule has 0 aliphatic heterocycles. The fourth-order valence-corrected chi connectivity index (χ4v) is 12.0. The van der Waals surface area contributed by atoms with Gasteiger partial charge in [-0.2, -0.15) is 0 Å². The van der Waals surface area contributed by atoms with Crippen LogP contribution in [0.25, 0.3) is 44.5 Å². The summed E-state index contributed by atoms with van der Waals surface area (Å²) in [5, 5.41) is 1.35. The van der Waals surface area contributed by atoms with E-state index in [4.69, 9.17) is 4.74 Å². The Labute approximate surface area is 319 Å². The first-order valence-corrected chi connectivity index (χ1v) is 22.2. The Hall–Kier alpha value is -4.92. The molecular formula is C51H54OSi. The van der Waals surface area contributed by atoms with Crippen LogP contribution in [-0.2, 0) is 10.8 Å². The van der Waals surface area contributed by atoms with E-state index in [2.05, 4.69) is 196 Å². The van der Waals surface area contributed by atoms with E-state index in [-0.39, 0.29) is 16.4 Å². The second-order valence-electron chi connectivity index (χ2n) is 17.6. The third-order valence-corrected chi connectivity index (χ3v) is 15.1. The lowest BCUT2D eigenvalue weighted by atomic mass is 9.86. The van der Waals surface area contributed by atoms with Crippen LogP contribution in [0.2, 0.25) is 13.1 Å². The Kier molecular flexibility index (Phi) is 9.49. The first-order chi connectivity index (χ1) is 25.2. The van der Waals surface area contributed by atoms with Gasteiger partial charge in [0.25, 0.3) is 0 Å². The molecule has 6 aromatic rings. The highest BCUT2D eigenvalue weighted by Gasteiger charge is 2.44. The molecule has 0 aromatic heterocycles. The van der Waals surface area contributed by atoms with Gasteiger partial charge in [0.05, 0.1) is 8.07 Å². The Morgan fingerprint density at radius 2 is 1.04 bits per heavy atom. The molecule has 2 heteroatoms. The fraction of sp³-hybridized carbons (Fsp3) is 0.255. The van der Waals surface area contributed by atoms with E-state index in [1.807, 2.05) is 6.08 Å². The van der Waals surface area contributed by atoms with Gasteiger partial charge in [-0.1, -0.05) is 194 Å². The van der Waals surface area contributed by atoms with Crippen LogP contribution < -0.4 is 9.92 Å². The molecule has 0 bridgehead atoms. The smallest absolute Gasteiger partial charge is 0.126 e. The molecule has 0 heterocycles.